The van der Waals surface area contributed by atoms with E-state index >= 15 is 0 Å². The van der Waals surface area contributed by atoms with E-state index in [9.17, 15) is 0 Å². The third-order valence-electron chi connectivity index (χ3n) is 3.52. The van der Waals surface area contributed by atoms with E-state index in [2.05, 4.69) is 17.0 Å². The molecule has 0 amide bonds. The molecule has 1 aliphatic heterocycles. The average molecular weight is 219 g/mol. The van der Waals surface area contributed by atoms with Crippen LogP contribution in [-0.2, 0) is 0 Å². The van der Waals surface area contributed by atoms with Crippen molar-refractivity contribution in [2.24, 2.45) is 17.8 Å². The summed E-state index contributed by atoms with van der Waals surface area (Å²) >= 11 is 5.95. The second-order valence-electron chi connectivity index (χ2n) is 4.37. The van der Waals surface area contributed by atoms with E-state index in [1.165, 1.54) is 5.69 Å². The number of nitriles is 1. The molecule has 1 aromatic carbocycles. The summed E-state index contributed by atoms with van der Waals surface area (Å²) in [6.45, 7) is 2.03. The number of hydrogen-bond donors (Lipinski definition) is 0. The van der Waals surface area contributed by atoms with Gasteiger partial charge in [-0.2, -0.15) is 5.26 Å². The van der Waals surface area contributed by atoms with Gasteiger partial charge in [0.25, 0.3) is 0 Å². The van der Waals surface area contributed by atoms with Gasteiger partial charge in [-0.1, -0.05) is 17.7 Å². The molecule has 0 N–H and O–H groups in total. The fraction of sp³-hybridized carbons (Fsp3) is 0.417. The van der Waals surface area contributed by atoms with Crippen molar-refractivity contribution in [3.05, 3.63) is 29.3 Å². The molecular formula is C12H11ClN2. The van der Waals surface area contributed by atoms with Crippen LogP contribution in [0.4, 0.5) is 5.69 Å². The molecule has 3 heteroatoms. The van der Waals surface area contributed by atoms with Crippen LogP contribution in [0.3, 0.4) is 0 Å². The van der Waals surface area contributed by atoms with Gasteiger partial charge in [-0.25, -0.2) is 0 Å². The molecule has 15 heavy (non-hydrogen) atoms. The summed E-state index contributed by atoms with van der Waals surface area (Å²) in [5.41, 5.74) is 1.19. The maximum atomic E-state index is 8.82. The standard InChI is InChI=1S/C12H11ClN2/c13-8-2-1-3-9(4-8)15-6-11-10(5-14)12(11)7-15/h1-4,10-12H,6-7H2/t10?,11-,12+. The van der Waals surface area contributed by atoms with Crippen LogP contribution in [0.15, 0.2) is 24.3 Å². The largest absolute Gasteiger partial charge is 0.371 e. The predicted octanol–water partition coefficient (Wildman–Crippen LogP) is 2.55. The first-order valence-corrected chi connectivity index (χ1v) is 5.57. The van der Waals surface area contributed by atoms with Crippen LogP contribution in [0.2, 0.25) is 5.02 Å². The van der Waals surface area contributed by atoms with Crippen LogP contribution >= 0.6 is 11.6 Å². The van der Waals surface area contributed by atoms with Gasteiger partial charge >= 0.3 is 0 Å². The van der Waals surface area contributed by atoms with E-state index in [1.54, 1.807) is 0 Å². The Morgan fingerprint density at radius 3 is 2.67 bits per heavy atom. The molecule has 0 bridgehead atoms. The highest BCUT2D eigenvalue weighted by molar-refractivity contribution is 6.30. The molecule has 2 aliphatic rings. The quantitative estimate of drug-likeness (QED) is 0.725. The molecule has 2 nitrogen and oxygen atoms in total. The van der Waals surface area contributed by atoms with E-state index < -0.39 is 0 Å². The lowest BCUT2D eigenvalue weighted by Crippen LogP contribution is -2.23. The molecule has 1 saturated carbocycles. The molecular weight excluding hydrogens is 208 g/mol. The van der Waals surface area contributed by atoms with Gasteiger partial charge in [0.1, 0.15) is 0 Å². The molecule has 1 aromatic rings. The molecule has 1 saturated heterocycles. The third kappa shape index (κ3) is 1.39. The van der Waals surface area contributed by atoms with Crippen molar-refractivity contribution in [3.8, 4) is 6.07 Å². The Kier molecular flexibility index (Phi) is 1.90. The Labute approximate surface area is 94.1 Å². The number of anilines is 1. The van der Waals surface area contributed by atoms with Gasteiger partial charge in [0.2, 0.25) is 0 Å². The molecule has 0 radical (unpaired) electrons. The molecule has 76 valence electrons. The third-order valence-corrected chi connectivity index (χ3v) is 3.75. The summed E-state index contributed by atoms with van der Waals surface area (Å²) in [6.07, 6.45) is 0. The minimum Gasteiger partial charge on any atom is -0.371 e. The second kappa shape index (κ2) is 3.15. The summed E-state index contributed by atoms with van der Waals surface area (Å²) in [7, 11) is 0. The van der Waals surface area contributed by atoms with Crippen molar-refractivity contribution in [1.82, 2.24) is 0 Å². The van der Waals surface area contributed by atoms with Gasteiger partial charge in [-0.05, 0) is 30.0 Å². The van der Waals surface area contributed by atoms with Gasteiger partial charge in [-0.15, -0.1) is 0 Å². The first-order valence-electron chi connectivity index (χ1n) is 5.20. The van der Waals surface area contributed by atoms with E-state index in [0.29, 0.717) is 17.8 Å². The van der Waals surface area contributed by atoms with Gasteiger partial charge in [-0.3, -0.25) is 0 Å². The monoisotopic (exact) mass is 218 g/mol. The van der Waals surface area contributed by atoms with Crippen LogP contribution in [0.5, 0.6) is 0 Å². The number of nitrogens with zero attached hydrogens (tertiary/aromatic N) is 2. The molecule has 0 spiro atoms. The SMILES string of the molecule is N#CC1[C@H]2CN(c3cccc(Cl)c3)C[C@@H]12. The number of piperidine rings is 1. The topological polar surface area (TPSA) is 27.0 Å². The van der Waals surface area contributed by atoms with Crippen molar-refractivity contribution in [1.29, 1.82) is 5.26 Å². The minimum absolute atomic E-state index is 0.320. The fourth-order valence-electron chi connectivity index (χ4n) is 2.60. The van der Waals surface area contributed by atoms with Gasteiger partial charge < -0.3 is 4.90 Å². The zero-order chi connectivity index (χ0) is 10.4. The van der Waals surface area contributed by atoms with Crippen LogP contribution in [0.25, 0.3) is 0 Å². The Morgan fingerprint density at radius 1 is 1.33 bits per heavy atom. The van der Waals surface area contributed by atoms with Gasteiger partial charge in [0.15, 0.2) is 0 Å². The summed E-state index contributed by atoms with van der Waals surface area (Å²) in [5, 5.41) is 9.61. The number of benzene rings is 1. The maximum Gasteiger partial charge on any atom is 0.0663 e. The average Bonchev–Trinajstić information content (AvgIpc) is 2.70. The molecule has 1 aliphatic carbocycles. The van der Waals surface area contributed by atoms with Crippen molar-refractivity contribution >= 4 is 17.3 Å². The normalized spacial score (nSPS) is 32.3. The Bertz CT molecular complexity index is 425. The molecule has 1 unspecified atom stereocenters. The highest BCUT2D eigenvalue weighted by atomic mass is 35.5. The van der Waals surface area contributed by atoms with E-state index in [0.717, 1.165) is 18.1 Å². The lowest BCUT2D eigenvalue weighted by atomic mass is 10.2. The molecule has 0 aromatic heterocycles. The maximum absolute atomic E-state index is 8.82. The van der Waals surface area contributed by atoms with Crippen molar-refractivity contribution in [3.63, 3.8) is 0 Å². The van der Waals surface area contributed by atoms with Crippen LogP contribution < -0.4 is 4.90 Å². The van der Waals surface area contributed by atoms with E-state index in [4.69, 9.17) is 16.9 Å². The summed E-state index contributed by atoms with van der Waals surface area (Å²) in [6, 6.07) is 10.3. The molecule has 1 heterocycles. The second-order valence-corrected chi connectivity index (χ2v) is 4.80. The predicted molar refractivity (Wildman–Crippen MR) is 59.7 cm³/mol. The lowest BCUT2D eigenvalue weighted by molar-refractivity contribution is 0.744. The summed E-state index contributed by atoms with van der Waals surface area (Å²) in [5.74, 6) is 1.53. The number of halogens is 1. The van der Waals surface area contributed by atoms with Crippen LogP contribution in [-0.4, -0.2) is 13.1 Å². The van der Waals surface area contributed by atoms with Crippen LogP contribution in [0, 0.1) is 29.1 Å². The fourth-order valence-corrected chi connectivity index (χ4v) is 2.79. The van der Waals surface area contributed by atoms with Crippen molar-refractivity contribution < 1.29 is 0 Å². The van der Waals surface area contributed by atoms with Gasteiger partial charge in [0.05, 0.1) is 12.0 Å². The van der Waals surface area contributed by atoms with Crippen LogP contribution in [0.1, 0.15) is 0 Å². The molecule has 3 rings (SSSR count). The zero-order valence-electron chi connectivity index (χ0n) is 8.23. The summed E-state index contributed by atoms with van der Waals surface area (Å²) in [4.78, 5) is 2.33. The number of fused-ring (bicyclic) bond motifs is 1. The van der Waals surface area contributed by atoms with Gasteiger partial charge in [0, 0.05) is 23.8 Å². The Morgan fingerprint density at radius 2 is 2.07 bits per heavy atom. The van der Waals surface area contributed by atoms with Crippen molar-refractivity contribution in [2.75, 3.05) is 18.0 Å². The van der Waals surface area contributed by atoms with E-state index in [-0.39, 0.29) is 0 Å². The first-order chi connectivity index (χ1) is 7.29. The minimum atomic E-state index is 0.320. The smallest absolute Gasteiger partial charge is 0.0663 e. The highest BCUT2D eigenvalue weighted by Gasteiger charge is 2.56. The Hall–Kier alpha value is -1.20. The van der Waals surface area contributed by atoms with E-state index in [1.807, 2.05) is 18.2 Å². The lowest BCUT2D eigenvalue weighted by Gasteiger charge is -2.20. The molecule has 3 atom stereocenters. The zero-order valence-corrected chi connectivity index (χ0v) is 8.98. The van der Waals surface area contributed by atoms with Crippen molar-refractivity contribution in [2.45, 2.75) is 0 Å². The number of rotatable bonds is 1. The molecule has 2 fully saturated rings. The Balaban J connectivity index is 1.75. The number of hydrogen-bond acceptors (Lipinski definition) is 2. The first kappa shape index (κ1) is 9.06. The highest BCUT2D eigenvalue weighted by Crippen LogP contribution is 2.52. The summed E-state index contributed by atoms with van der Waals surface area (Å²) < 4.78 is 0.